The van der Waals surface area contributed by atoms with Crippen molar-refractivity contribution in [3.05, 3.63) is 11.3 Å². The standard InChI is InChI=1S/C44H64O10/c1-23(45)52-26-19-42(50)21-40(16-10-28-36(3,4)30(47)12-14-38(28,7)32(26)40)34-25(42)9-18-44(54-34)35(49)41-17-11-29-37(5,6)31(48)13-15-39(29,8)33(41)27(53-24(2)46)20-43(44,51)22-41/h26-33,47-48,50-51H,9-22H2,1-8H3. The van der Waals surface area contributed by atoms with Crippen molar-refractivity contribution in [3.8, 4) is 0 Å². The Morgan fingerprint density at radius 3 is 1.72 bits per heavy atom. The van der Waals surface area contributed by atoms with Crippen molar-refractivity contribution in [2.45, 2.75) is 187 Å². The van der Waals surface area contributed by atoms with Gasteiger partial charge in [0.2, 0.25) is 0 Å². The molecule has 0 aromatic rings. The molecule has 0 amide bonds. The topological polar surface area (TPSA) is 160 Å². The van der Waals surface area contributed by atoms with E-state index in [1.807, 2.05) is 0 Å². The van der Waals surface area contributed by atoms with Crippen LogP contribution in [0.5, 0.6) is 0 Å². The molecule has 7 fully saturated rings. The Morgan fingerprint density at radius 1 is 0.685 bits per heavy atom. The molecule has 15 unspecified atom stereocenters. The maximum absolute atomic E-state index is 15.9. The van der Waals surface area contributed by atoms with E-state index in [0.29, 0.717) is 57.1 Å². The van der Waals surface area contributed by atoms with Crippen LogP contribution < -0.4 is 0 Å². The lowest BCUT2D eigenvalue weighted by atomic mass is 9.39. The van der Waals surface area contributed by atoms with Gasteiger partial charge in [-0.1, -0.05) is 41.5 Å². The lowest BCUT2D eigenvalue weighted by Crippen LogP contribution is -2.65. The third-order valence-electron chi connectivity index (χ3n) is 18.9. The maximum atomic E-state index is 15.9. The normalized spacial score (nSPS) is 54.7. The highest BCUT2D eigenvalue weighted by Gasteiger charge is 2.83. The Kier molecular flexibility index (Phi) is 7.60. The number of allylic oxidation sites excluding steroid dienone is 1. The van der Waals surface area contributed by atoms with Crippen LogP contribution in [-0.4, -0.2) is 79.4 Å². The van der Waals surface area contributed by atoms with Gasteiger partial charge in [-0.25, -0.2) is 0 Å². The van der Waals surface area contributed by atoms with E-state index >= 15 is 4.79 Å². The first-order chi connectivity index (χ1) is 25.0. The van der Waals surface area contributed by atoms with Crippen LogP contribution in [0.1, 0.15) is 145 Å². The van der Waals surface area contributed by atoms with Crippen molar-refractivity contribution >= 4 is 17.7 Å². The number of ketones is 1. The summed E-state index contributed by atoms with van der Waals surface area (Å²) in [6.07, 6.45) is 4.69. The Balaban J connectivity index is 1.17. The number of aliphatic hydroxyl groups excluding tert-OH is 2. The molecule has 1 aliphatic heterocycles. The van der Waals surface area contributed by atoms with Crippen molar-refractivity contribution in [2.75, 3.05) is 0 Å². The summed E-state index contributed by atoms with van der Waals surface area (Å²) in [4.78, 5) is 41.5. The minimum Gasteiger partial charge on any atom is -0.480 e. The smallest absolute Gasteiger partial charge is 0.302 e. The number of esters is 2. The van der Waals surface area contributed by atoms with Crippen molar-refractivity contribution in [1.29, 1.82) is 0 Å². The van der Waals surface area contributed by atoms with Gasteiger partial charge in [-0.3, -0.25) is 14.4 Å². The molecule has 0 radical (unpaired) electrons. The molecule has 0 aromatic carbocycles. The van der Waals surface area contributed by atoms with Crippen molar-refractivity contribution in [2.24, 2.45) is 56.2 Å². The van der Waals surface area contributed by atoms with Gasteiger partial charge in [0.05, 0.1) is 17.8 Å². The lowest BCUT2D eigenvalue weighted by Gasteiger charge is -2.66. The number of Topliss-reactive ketones (excluding diaryl/α,β-unsaturated/α-hetero) is 1. The highest BCUT2D eigenvalue weighted by atomic mass is 16.6. The predicted molar refractivity (Wildman–Crippen MR) is 196 cm³/mol. The molecule has 8 aliphatic carbocycles. The average Bonchev–Trinajstić information content (AvgIpc) is 3.32. The highest BCUT2D eigenvalue weighted by molar-refractivity contribution is 5.98. The van der Waals surface area contributed by atoms with E-state index in [1.54, 1.807) is 0 Å². The molecule has 300 valence electrons. The molecule has 0 aromatic heterocycles. The molecule has 54 heavy (non-hydrogen) atoms. The van der Waals surface area contributed by atoms with E-state index < -0.39 is 74.8 Å². The Bertz CT molecular complexity index is 1730. The molecule has 10 nitrogen and oxygen atoms in total. The van der Waals surface area contributed by atoms with Crippen molar-refractivity contribution in [1.82, 2.24) is 0 Å². The van der Waals surface area contributed by atoms with Gasteiger partial charge in [0.15, 0.2) is 11.4 Å². The third-order valence-corrected chi connectivity index (χ3v) is 18.9. The second-order valence-electron chi connectivity index (χ2n) is 21.9. The zero-order valence-electron chi connectivity index (χ0n) is 33.8. The molecule has 4 N–H and O–H groups in total. The number of ether oxygens (including phenoxy) is 3. The van der Waals surface area contributed by atoms with E-state index in [9.17, 15) is 30.0 Å². The van der Waals surface area contributed by atoms with Gasteiger partial charge in [0.1, 0.15) is 23.6 Å². The van der Waals surface area contributed by atoms with Gasteiger partial charge in [0.25, 0.3) is 0 Å². The number of rotatable bonds is 2. The number of aliphatic hydroxyl groups is 4. The SMILES string of the molecule is CC(=O)OC1CC2(O)CC3(CCC4C(C)(C)C(O)CCC4(C)C13)C(=O)C21CCC2=C(O1)C13CCC4C(C)(C)C(O)CCC4(C)C1C(OC(C)=O)CC2(O)C3. The first-order valence-electron chi connectivity index (χ1n) is 21.1. The molecule has 10 heteroatoms. The van der Waals surface area contributed by atoms with Gasteiger partial charge in [-0.2, -0.15) is 0 Å². The third kappa shape index (κ3) is 4.25. The van der Waals surface area contributed by atoms with Crippen LogP contribution in [0.3, 0.4) is 0 Å². The molecular weight excluding hydrogens is 688 g/mol. The van der Waals surface area contributed by atoms with E-state index in [0.717, 1.165) is 18.4 Å². The van der Waals surface area contributed by atoms with Crippen LogP contribution in [0.4, 0.5) is 0 Å². The average molecular weight is 753 g/mol. The fourth-order valence-electron chi connectivity index (χ4n) is 17.2. The Hall–Kier alpha value is -2.01. The first-order valence-corrected chi connectivity index (χ1v) is 21.1. The summed E-state index contributed by atoms with van der Waals surface area (Å²) in [5, 5.41) is 48.3. The summed E-state index contributed by atoms with van der Waals surface area (Å²) in [7, 11) is 0. The van der Waals surface area contributed by atoms with E-state index in [1.165, 1.54) is 13.8 Å². The second kappa shape index (κ2) is 10.9. The minimum absolute atomic E-state index is 0.0846. The number of fused-ring (bicyclic) bond motifs is 8. The molecular formula is C44H64O10. The van der Waals surface area contributed by atoms with Gasteiger partial charge >= 0.3 is 11.9 Å². The molecule has 3 spiro atoms. The van der Waals surface area contributed by atoms with E-state index in [-0.39, 0.29) is 66.0 Å². The van der Waals surface area contributed by atoms with Gasteiger partial charge in [0, 0.05) is 55.8 Å². The maximum Gasteiger partial charge on any atom is 0.302 e. The quantitative estimate of drug-likeness (QED) is 0.258. The van der Waals surface area contributed by atoms with Crippen molar-refractivity contribution < 1.29 is 49.0 Å². The summed E-state index contributed by atoms with van der Waals surface area (Å²) in [6, 6.07) is 0. The molecule has 7 saturated carbocycles. The fraction of sp³-hybridized carbons (Fsp3) is 0.886. The van der Waals surface area contributed by atoms with Gasteiger partial charge < -0.3 is 34.6 Å². The van der Waals surface area contributed by atoms with Crippen LogP contribution in [-0.2, 0) is 28.6 Å². The number of hydrogen-bond acceptors (Lipinski definition) is 10. The van der Waals surface area contributed by atoms with Crippen molar-refractivity contribution in [3.63, 3.8) is 0 Å². The second-order valence-corrected chi connectivity index (χ2v) is 21.9. The summed E-state index contributed by atoms with van der Waals surface area (Å²) < 4.78 is 19.9. The Labute approximate surface area is 320 Å². The van der Waals surface area contributed by atoms with Gasteiger partial charge in [-0.15, -0.1) is 0 Å². The Morgan fingerprint density at radius 2 is 1.19 bits per heavy atom. The zero-order valence-corrected chi connectivity index (χ0v) is 33.8. The number of hydrogen-bond donors (Lipinski definition) is 4. The molecule has 1 heterocycles. The molecule has 4 bridgehead atoms. The van der Waals surface area contributed by atoms with E-state index in [2.05, 4.69) is 41.5 Å². The molecule has 9 rings (SSSR count). The van der Waals surface area contributed by atoms with Crippen LogP contribution in [0, 0.1) is 56.2 Å². The molecule has 15 atom stereocenters. The van der Waals surface area contributed by atoms with Crippen LogP contribution in [0.2, 0.25) is 0 Å². The first kappa shape index (κ1) is 37.6. The summed E-state index contributed by atoms with van der Waals surface area (Å²) >= 11 is 0. The zero-order chi connectivity index (χ0) is 39.0. The van der Waals surface area contributed by atoms with E-state index in [4.69, 9.17) is 14.2 Å². The highest BCUT2D eigenvalue weighted by Crippen LogP contribution is 2.78. The van der Waals surface area contributed by atoms with Gasteiger partial charge in [-0.05, 0) is 110 Å². The lowest BCUT2D eigenvalue weighted by molar-refractivity contribution is -0.242. The number of carbonyl (C=O) groups is 3. The molecule has 0 saturated heterocycles. The largest absolute Gasteiger partial charge is 0.480 e. The fourth-order valence-corrected chi connectivity index (χ4v) is 17.2. The predicted octanol–water partition coefficient (Wildman–Crippen LogP) is 5.70. The molecule has 9 aliphatic rings. The minimum atomic E-state index is -1.61. The monoisotopic (exact) mass is 752 g/mol. The summed E-state index contributed by atoms with van der Waals surface area (Å²) in [5.41, 5.74) is -6.95. The van der Waals surface area contributed by atoms with Crippen LogP contribution in [0.15, 0.2) is 11.3 Å². The van der Waals surface area contributed by atoms with Crippen LogP contribution in [0.25, 0.3) is 0 Å². The summed E-state index contributed by atoms with van der Waals surface area (Å²) in [6.45, 7) is 15.9. The summed E-state index contributed by atoms with van der Waals surface area (Å²) in [5.74, 6) is -0.637. The number of carbonyl (C=O) groups excluding carboxylic acids is 3. The van der Waals surface area contributed by atoms with Crippen LogP contribution >= 0.6 is 0 Å².